The van der Waals surface area contributed by atoms with Crippen LogP contribution < -0.4 is 5.32 Å². The van der Waals surface area contributed by atoms with Crippen LogP contribution in [0, 0.1) is 11.8 Å². The van der Waals surface area contributed by atoms with E-state index < -0.39 is 0 Å². The van der Waals surface area contributed by atoms with Crippen LogP contribution in [0.5, 0.6) is 0 Å². The third-order valence-corrected chi connectivity index (χ3v) is 4.02. The largest absolute Gasteiger partial charge is 0.311 e. The molecule has 1 aromatic heterocycles. The predicted molar refractivity (Wildman–Crippen MR) is 70.8 cm³/mol. The van der Waals surface area contributed by atoms with Gasteiger partial charge in [0, 0.05) is 12.7 Å². The standard InChI is InChI=1S/C14H25N3/c1-4-9-17-13(7-8-16-17)14(15-3)12-6-5-11(2)10-12/h7-8,11-12,14-15H,4-6,9-10H2,1-3H3. The zero-order valence-electron chi connectivity index (χ0n) is 11.3. The van der Waals surface area contributed by atoms with Gasteiger partial charge < -0.3 is 5.32 Å². The van der Waals surface area contributed by atoms with Crippen molar-refractivity contribution in [3.8, 4) is 0 Å². The van der Waals surface area contributed by atoms with Gasteiger partial charge in [0.15, 0.2) is 0 Å². The second-order valence-electron chi connectivity index (χ2n) is 5.42. The molecule has 0 amide bonds. The van der Waals surface area contributed by atoms with E-state index in [1.54, 1.807) is 0 Å². The van der Waals surface area contributed by atoms with Crippen LogP contribution in [-0.2, 0) is 6.54 Å². The number of nitrogens with zero attached hydrogens (tertiary/aromatic N) is 2. The molecular weight excluding hydrogens is 210 g/mol. The molecule has 3 atom stereocenters. The molecule has 1 aromatic rings. The molecule has 0 radical (unpaired) electrons. The fourth-order valence-electron chi connectivity index (χ4n) is 3.18. The monoisotopic (exact) mass is 235 g/mol. The molecule has 1 fully saturated rings. The van der Waals surface area contributed by atoms with Gasteiger partial charge in [-0.05, 0) is 44.2 Å². The summed E-state index contributed by atoms with van der Waals surface area (Å²) in [5, 5.41) is 7.95. The lowest BCUT2D eigenvalue weighted by Gasteiger charge is -2.24. The molecule has 3 heteroatoms. The zero-order chi connectivity index (χ0) is 12.3. The third-order valence-electron chi connectivity index (χ3n) is 4.02. The highest BCUT2D eigenvalue weighted by atomic mass is 15.3. The van der Waals surface area contributed by atoms with Crippen molar-refractivity contribution in [3.63, 3.8) is 0 Å². The average Bonchev–Trinajstić information content (AvgIpc) is 2.91. The topological polar surface area (TPSA) is 29.9 Å². The van der Waals surface area contributed by atoms with E-state index in [1.165, 1.54) is 25.0 Å². The first kappa shape index (κ1) is 12.6. The Labute approximate surface area is 105 Å². The summed E-state index contributed by atoms with van der Waals surface area (Å²) in [6, 6.07) is 2.66. The third kappa shape index (κ3) is 2.71. The minimum Gasteiger partial charge on any atom is -0.311 e. The lowest BCUT2D eigenvalue weighted by Crippen LogP contribution is -2.26. The molecule has 1 aliphatic rings. The van der Waals surface area contributed by atoms with Crippen molar-refractivity contribution in [2.75, 3.05) is 7.05 Å². The molecule has 2 rings (SSSR count). The summed E-state index contributed by atoms with van der Waals surface area (Å²) in [6.45, 7) is 5.61. The molecule has 1 aliphatic carbocycles. The van der Waals surface area contributed by atoms with E-state index in [0.717, 1.165) is 24.8 Å². The van der Waals surface area contributed by atoms with Crippen LogP contribution in [-0.4, -0.2) is 16.8 Å². The zero-order valence-corrected chi connectivity index (χ0v) is 11.3. The Morgan fingerprint density at radius 3 is 2.94 bits per heavy atom. The van der Waals surface area contributed by atoms with Gasteiger partial charge >= 0.3 is 0 Å². The van der Waals surface area contributed by atoms with Crippen LogP contribution in [0.4, 0.5) is 0 Å². The molecule has 0 aromatic carbocycles. The highest BCUT2D eigenvalue weighted by Gasteiger charge is 2.30. The maximum atomic E-state index is 4.44. The van der Waals surface area contributed by atoms with Crippen LogP contribution in [0.2, 0.25) is 0 Å². The lowest BCUT2D eigenvalue weighted by atomic mass is 9.94. The second kappa shape index (κ2) is 5.67. The van der Waals surface area contributed by atoms with Gasteiger partial charge in [-0.15, -0.1) is 0 Å². The van der Waals surface area contributed by atoms with Crippen LogP contribution in [0.15, 0.2) is 12.3 Å². The molecule has 3 unspecified atom stereocenters. The van der Waals surface area contributed by atoms with Gasteiger partial charge in [-0.1, -0.05) is 20.3 Å². The smallest absolute Gasteiger partial charge is 0.0556 e. The first-order valence-electron chi connectivity index (χ1n) is 6.95. The summed E-state index contributed by atoms with van der Waals surface area (Å²) in [7, 11) is 2.08. The van der Waals surface area contributed by atoms with Crippen molar-refractivity contribution in [3.05, 3.63) is 18.0 Å². The van der Waals surface area contributed by atoms with Crippen molar-refractivity contribution in [2.45, 2.75) is 52.1 Å². The van der Waals surface area contributed by atoms with E-state index in [0.29, 0.717) is 6.04 Å². The van der Waals surface area contributed by atoms with Gasteiger partial charge in [0.1, 0.15) is 0 Å². The molecule has 0 saturated heterocycles. The van der Waals surface area contributed by atoms with Gasteiger partial charge in [0.05, 0.1) is 11.7 Å². The summed E-state index contributed by atoms with van der Waals surface area (Å²) in [5.74, 6) is 1.67. The maximum absolute atomic E-state index is 4.44. The summed E-state index contributed by atoms with van der Waals surface area (Å²) < 4.78 is 2.17. The fraction of sp³-hybridized carbons (Fsp3) is 0.786. The fourth-order valence-corrected chi connectivity index (χ4v) is 3.18. The first-order valence-corrected chi connectivity index (χ1v) is 6.95. The second-order valence-corrected chi connectivity index (χ2v) is 5.42. The van der Waals surface area contributed by atoms with Crippen LogP contribution >= 0.6 is 0 Å². The van der Waals surface area contributed by atoms with E-state index in [2.05, 4.69) is 42.1 Å². The summed E-state index contributed by atoms with van der Waals surface area (Å²) in [6.07, 6.45) is 7.16. The van der Waals surface area contributed by atoms with Gasteiger partial charge in [0.2, 0.25) is 0 Å². The Kier molecular flexibility index (Phi) is 4.21. The van der Waals surface area contributed by atoms with Crippen LogP contribution in [0.3, 0.4) is 0 Å². The minimum absolute atomic E-state index is 0.481. The Morgan fingerprint density at radius 1 is 1.53 bits per heavy atom. The minimum atomic E-state index is 0.481. The van der Waals surface area contributed by atoms with Gasteiger partial charge in [0.25, 0.3) is 0 Å². The van der Waals surface area contributed by atoms with E-state index in [9.17, 15) is 0 Å². The van der Waals surface area contributed by atoms with Gasteiger partial charge in [-0.2, -0.15) is 5.10 Å². The Balaban J connectivity index is 2.14. The number of rotatable bonds is 5. The highest BCUT2D eigenvalue weighted by Crippen LogP contribution is 2.38. The van der Waals surface area contributed by atoms with E-state index in [4.69, 9.17) is 0 Å². The number of nitrogens with one attached hydrogen (secondary N) is 1. The Morgan fingerprint density at radius 2 is 2.35 bits per heavy atom. The quantitative estimate of drug-likeness (QED) is 0.850. The maximum Gasteiger partial charge on any atom is 0.0556 e. The number of aryl methyl sites for hydroxylation is 1. The van der Waals surface area contributed by atoms with Crippen molar-refractivity contribution in [1.29, 1.82) is 0 Å². The van der Waals surface area contributed by atoms with Crippen molar-refractivity contribution >= 4 is 0 Å². The number of aromatic nitrogens is 2. The molecule has 0 bridgehead atoms. The van der Waals surface area contributed by atoms with Gasteiger partial charge in [-0.3, -0.25) is 4.68 Å². The Bertz CT molecular complexity index is 345. The van der Waals surface area contributed by atoms with Crippen molar-refractivity contribution < 1.29 is 0 Å². The van der Waals surface area contributed by atoms with Crippen molar-refractivity contribution in [2.24, 2.45) is 11.8 Å². The SMILES string of the molecule is CCCn1nccc1C(NC)C1CCC(C)C1. The van der Waals surface area contributed by atoms with E-state index in [1.807, 2.05) is 6.20 Å². The van der Waals surface area contributed by atoms with Crippen molar-refractivity contribution in [1.82, 2.24) is 15.1 Å². The predicted octanol–water partition coefficient (Wildman–Crippen LogP) is 2.99. The van der Waals surface area contributed by atoms with Gasteiger partial charge in [-0.25, -0.2) is 0 Å². The van der Waals surface area contributed by atoms with Crippen LogP contribution in [0.1, 0.15) is 51.3 Å². The molecule has 96 valence electrons. The normalized spacial score (nSPS) is 26.3. The summed E-state index contributed by atoms with van der Waals surface area (Å²) >= 11 is 0. The molecule has 1 heterocycles. The highest BCUT2D eigenvalue weighted by molar-refractivity contribution is 5.09. The number of hydrogen-bond acceptors (Lipinski definition) is 2. The molecule has 3 nitrogen and oxygen atoms in total. The lowest BCUT2D eigenvalue weighted by molar-refractivity contribution is 0.355. The molecule has 0 aliphatic heterocycles. The van der Waals surface area contributed by atoms with E-state index in [-0.39, 0.29) is 0 Å². The van der Waals surface area contributed by atoms with Crippen LogP contribution in [0.25, 0.3) is 0 Å². The molecule has 1 N–H and O–H groups in total. The first-order chi connectivity index (χ1) is 8.26. The molecule has 0 spiro atoms. The molecular formula is C14H25N3. The summed E-state index contributed by atoms with van der Waals surface area (Å²) in [5.41, 5.74) is 1.37. The Hall–Kier alpha value is -0.830. The molecule has 17 heavy (non-hydrogen) atoms. The van der Waals surface area contributed by atoms with E-state index >= 15 is 0 Å². The number of hydrogen-bond donors (Lipinski definition) is 1. The average molecular weight is 235 g/mol. The molecule has 1 saturated carbocycles. The summed E-state index contributed by atoms with van der Waals surface area (Å²) in [4.78, 5) is 0.